The van der Waals surface area contributed by atoms with Gasteiger partial charge in [-0.25, -0.2) is 0 Å². The molecule has 0 unspecified atom stereocenters. The van der Waals surface area contributed by atoms with E-state index in [9.17, 15) is 0 Å². The Morgan fingerprint density at radius 2 is 1.46 bits per heavy atom. The summed E-state index contributed by atoms with van der Waals surface area (Å²) in [7, 11) is -0.353. The molecule has 2 aliphatic rings. The molecular formula is C34H28BNO2S. The predicted molar refractivity (Wildman–Crippen MR) is 167 cm³/mol. The van der Waals surface area contributed by atoms with Crippen molar-refractivity contribution in [2.45, 2.75) is 51.7 Å². The molecule has 1 aliphatic carbocycles. The second kappa shape index (κ2) is 7.22. The van der Waals surface area contributed by atoms with Gasteiger partial charge in [-0.1, -0.05) is 60.7 Å². The van der Waals surface area contributed by atoms with Gasteiger partial charge in [0.2, 0.25) is 0 Å². The molecule has 3 nitrogen and oxygen atoms in total. The van der Waals surface area contributed by atoms with E-state index in [0.717, 1.165) is 18.3 Å². The normalized spacial score (nSPS) is 18.6. The molecule has 3 aromatic heterocycles. The van der Waals surface area contributed by atoms with E-state index >= 15 is 0 Å². The number of nitrogens with zero attached hydrogens (tertiary/aromatic N) is 1. The molecule has 1 saturated heterocycles. The van der Waals surface area contributed by atoms with E-state index in [1.807, 2.05) is 11.3 Å². The van der Waals surface area contributed by atoms with Crippen molar-refractivity contribution in [2.24, 2.45) is 0 Å². The molecule has 0 spiro atoms. The van der Waals surface area contributed by atoms with Crippen LogP contribution in [0.25, 0.3) is 70.3 Å². The summed E-state index contributed by atoms with van der Waals surface area (Å²) in [6.45, 7) is 8.44. The summed E-state index contributed by atoms with van der Waals surface area (Å²) < 4.78 is 17.9. The van der Waals surface area contributed by atoms with E-state index in [0.29, 0.717) is 0 Å². The van der Waals surface area contributed by atoms with E-state index in [2.05, 4.69) is 105 Å². The summed E-state index contributed by atoms with van der Waals surface area (Å²) in [6, 6.07) is 22.9. The van der Waals surface area contributed by atoms with Crippen molar-refractivity contribution in [1.29, 1.82) is 0 Å². The number of hydrogen-bond donors (Lipinski definition) is 0. The van der Waals surface area contributed by atoms with Crippen LogP contribution in [-0.2, 0) is 9.31 Å². The molecule has 0 bridgehead atoms. The van der Waals surface area contributed by atoms with Crippen molar-refractivity contribution in [3.63, 3.8) is 0 Å². The van der Waals surface area contributed by atoms with Crippen LogP contribution in [0.4, 0.5) is 0 Å². The zero-order valence-electron chi connectivity index (χ0n) is 22.6. The number of rotatable bonds is 1. The molecule has 1 fully saturated rings. The maximum absolute atomic E-state index is 6.37. The average Bonchev–Trinajstić information content (AvgIpc) is 3.63. The summed E-state index contributed by atoms with van der Waals surface area (Å²) in [4.78, 5) is 0. The highest BCUT2D eigenvalue weighted by molar-refractivity contribution is 7.26. The van der Waals surface area contributed by atoms with Crippen LogP contribution in [-0.4, -0.2) is 22.7 Å². The molecule has 4 heterocycles. The van der Waals surface area contributed by atoms with Crippen molar-refractivity contribution >= 4 is 94.2 Å². The Morgan fingerprint density at radius 1 is 0.744 bits per heavy atom. The lowest BCUT2D eigenvalue weighted by molar-refractivity contribution is 0.00578. The van der Waals surface area contributed by atoms with E-state index in [-0.39, 0.29) is 18.3 Å². The summed E-state index contributed by atoms with van der Waals surface area (Å²) in [6.07, 6.45) is 7.08. The van der Waals surface area contributed by atoms with Gasteiger partial charge >= 0.3 is 7.12 Å². The molecule has 7 aromatic rings. The van der Waals surface area contributed by atoms with Crippen molar-refractivity contribution in [2.75, 3.05) is 0 Å². The molecule has 1 aliphatic heterocycles. The van der Waals surface area contributed by atoms with Crippen LogP contribution in [0, 0.1) is 0 Å². The monoisotopic (exact) mass is 525 g/mol. The maximum atomic E-state index is 6.37. The van der Waals surface area contributed by atoms with Gasteiger partial charge in [-0.3, -0.25) is 0 Å². The van der Waals surface area contributed by atoms with E-state index in [1.165, 1.54) is 68.7 Å². The van der Waals surface area contributed by atoms with E-state index in [4.69, 9.17) is 9.31 Å². The topological polar surface area (TPSA) is 22.9 Å². The molecule has 190 valence electrons. The van der Waals surface area contributed by atoms with Crippen molar-refractivity contribution in [3.8, 4) is 0 Å². The highest BCUT2D eigenvalue weighted by Crippen LogP contribution is 2.43. The quantitative estimate of drug-likeness (QED) is 0.219. The number of para-hydroxylation sites is 1. The molecular weight excluding hydrogens is 497 g/mol. The molecule has 0 saturated carbocycles. The lowest BCUT2D eigenvalue weighted by Gasteiger charge is -2.32. The Labute approximate surface area is 230 Å². The highest BCUT2D eigenvalue weighted by atomic mass is 32.1. The summed E-state index contributed by atoms with van der Waals surface area (Å²) >= 11 is 1.89. The van der Waals surface area contributed by atoms with Crippen molar-refractivity contribution < 1.29 is 9.31 Å². The van der Waals surface area contributed by atoms with Crippen LogP contribution in [0.2, 0.25) is 0 Å². The minimum Gasteiger partial charge on any atom is -0.399 e. The van der Waals surface area contributed by atoms with Crippen LogP contribution in [0.1, 0.15) is 40.5 Å². The van der Waals surface area contributed by atoms with Crippen LogP contribution in [0.15, 0.2) is 60.7 Å². The zero-order valence-corrected chi connectivity index (χ0v) is 23.4. The third-order valence-corrected chi connectivity index (χ3v) is 10.8. The van der Waals surface area contributed by atoms with Gasteiger partial charge in [-0.15, -0.1) is 11.3 Å². The van der Waals surface area contributed by atoms with Gasteiger partial charge in [-0.2, -0.15) is 0 Å². The van der Waals surface area contributed by atoms with Gasteiger partial charge in [0.25, 0.3) is 0 Å². The molecule has 4 aromatic carbocycles. The first-order chi connectivity index (χ1) is 18.8. The summed E-state index contributed by atoms with van der Waals surface area (Å²) in [5, 5.41) is 12.1. The fraction of sp³-hybridized carbons (Fsp3) is 0.235. The molecule has 5 heteroatoms. The van der Waals surface area contributed by atoms with E-state index < -0.39 is 0 Å². The fourth-order valence-corrected chi connectivity index (χ4v) is 8.15. The van der Waals surface area contributed by atoms with Gasteiger partial charge in [0.1, 0.15) is 0 Å². The van der Waals surface area contributed by atoms with Gasteiger partial charge in [0, 0.05) is 46.9 Å². The van der Waals surface area contributed by atoms with Gasteiger partial charge in [0.15, 0.2) is 0 Å². The summed E-state index contributed by atoms with van der Waals surface area (Å²) in [5.74, 6) is 0. The highest BCUT2D eigenvalue weighted by Gasteiger charge is 2.51. The molecule has 0 atom stereocenters. The molecule has 0 amide bonds. The largest absolute Gasteiger partial charge is 0.494 e. The van der Waals surface area contributed by atoms with Crippen LogP contribution < -0.4 is 16.0 Å². The second-order valence-electron chi connectivity index (χ2n) is 12.3. The van der Waals surface area contributed by atoms with Gasteiger partial charge in [-0.05, 0) is 68.9 Å². The zero-order chi connectivity index (χ0) is 26.3. The second-order valence-corrected chi connectivity index (χ2v) is 13.3. The van der Waals surface area contributed by atoms with Gasteiger partial charge < -0.3 is 13.7 Å². The van der Waals surface area contributed by atoms with Crippen LogP contribution >= 0.6 is 11.3 Å². The number of hydrogen-bond acceptors (Lipinski definition) is 3. The SMILES string of the molecule is CC1(C)OB(c2ccc3sc4c(ccc5c4ccc4c5c5cccc6c7c(n4c65)=CCCC=7)c3c2)OC1(C)C. The predicted octanol–water partition coefficient (Wildman–Crippen LogP) is 6.86. The third-order valence-electron chi connectivity index (χ3n) is 9.59. The first-order valence-corrected chi connectivity index (χ1v) is 14.8. The van der Waals surface area contributed by atoms with Crippen LogP contribution in [0.5, 0.6) is 0 Å². The fourth-order valence-electron chi connectivity index (χ4n) is 6.94. The van der Waals surface area contributed by atoms with Gasteiger partial charge in [0.05, 0.1) is 22.2 Å². The molecule has 39 heavy (non-hydrogen) atoms. The standard InChI is InChI=1S/C34H28BNO2S/c1-33(2)34(3,4)38-35(37-33)19-12-17-29-26(18-19)24-14-13-21-23(32(24)39-29)15-16-28-30(21)25-10-7-9-22-20-8-5-6-11-27(20)36(28)31(22)25/h7-18H,5-6H2,1-4H3. The average molecular weight is 525 g/mol. The van der Waals surface area contributed by atoms with Crippen molar-refractivity contribution in [3.05, 3.63) is 71.2 Å². The first-order valence-electron chi connectivity index (χ1n) is 13.9. The Hall–Kier alpha value is -3.38. The number of thiophene rings is 1. The number of fused-ring (bicyclic) bond motifs is 12. The minimum atomic E-state index is -0.353. The molecule has 0 N–H and O–H groups in total. The lowest BCUT2D eigenvalue weighted by Crippen LogP contribution is -2.41. The molecule has 0 radical (unpaired) electrons. The summed E-state index contributed by atoms with van der Waals surface area (Å²) in [5.41, 5.74) is 3.06. The number of aromatic nitrogens is 1. The minimum absolute atomic E-state index is 0.350. The molecule has 9 rings (SSSR count). The Bertz CT molecular complexity index is 2290. The van der Waals surface area contributed by atoms with Crippen LogP contribution in [0.3, 0.4) is 0 Å². The Kier molecular flexibility index (Phi) is 4.16. The lowest BCUT2D eigenvalue weighted by atomic mass is 9.78. The van der Waals surface area contributed by atoms with E-state index in [1.54, 1.807) is 0 Å². The smallest absolute Gasteiger partial charge is 0.399 e. The Balaban J connectivity index is 1.31. The Morgan fingerprint density at radius 3 is 2.31 bits per heavy atom. The third kappa shape index (κ3) is 2.76. The number of benzene rings is 4. The first kappa shape index (κ1) is 22.4. The van der Waals surface area contributed by atoms with Crippen molar-refractivity contribution in [1.82, 2.24) is 4.40 Å². The maximum Gasteiger partial charge on any atom is 0.494 e.